The molecular weight excluding hydrogens is 376 g/mol. The zero-order valence-electron chi connectivity index (χ0n) is 16.4. The van der Waals surface area contributed by atoms with Gasteiger partial charge in [0.15, 0.2) is 0 Å². The quantitative estimate of drug-likeness (QED) is 0.422. The molecule has 29 heavy (non-hydrogen) atoms. The number of amides is 3. The molecule has 8 heteroatoms. The number of carbonyl (C=O) groups is 3. The number of aryl methyl sites for hydroxylation is 1. The Hall–Kier alpha value is -3.55. The first kappa shape index (κ1) is 20.2. The minimum absolute atomic E-state index is 0.307. The van der Waals surface area contributed by atoms with E-state index in [4.69, 9.17) is 14.2 Å². The number of methoxy groups -OCH3 is 2. The Bertz CT molecular complexity index is 918. The molecule has 152 valence electrons. The molecule has 3 amide bonds. The lowest BCUT2D eigenvalue weighted by Crippen LogP contribution is -2.43. The Kier molecular flexibility index (Phi) is 5.72. The van der Waals surface area contributed by atoms with Crippen molar-refractivity contribution in [1.82, 2.24) is 10.6 Å². The van der Waals surface area contributed by atoms with E-state index >= 15 is 0 Å². The number of esters is 1. The fraction of sp³-hybridized carbons (Fsp3) is 0.286. The summed E-state index contributed by atoms with van der Waals surface area (Å²) in [4.78, 5) is 35.6. The second-order valence-electron chi connectivity index (χ2n) is 6.88. The summed E-state index contributed by atoms with van der Waals surface area (Å²) < 4.78 is 15.7. The molecule has 1 heterocycles. The SMILES string of the molecule is COc1cc(OC)cc(C(=O)Oc2ccc(CC[C@@]3(C)NC(=O)NC3=O)cc2)c1. The number of imide groups is 1. The topological polar surface area (TPSA) is 103 Å². The van der Waals surface area contributed by atoms with Crippen LogP contribution in [0, 0.1) is 0 Å². The Morgan fingerprint density at radius 1 is 0.966 bits per heavy atom. The van der Waals surface area contributed by atoms with Crippen molar-refractivity contribution in [1.29, 1.82) is 0 Å². The smallest absolute Gasteiger partial charge is 0.343 e. The molecule has 0 spiro atoms. The number of carbonyl (C=O) groups excluding carboxylic acids is 3. The van der Waals surface area contributed by atoms with Gasteiger partial charge in [-0.05, 0) is 49.6 Å². The molecule has 0 aromatic heterocycles. The van der Waals surface area contributed by atoms with Gasteiger partial charge in [0.1, 0.15) is 22.8 Å². The summed E-state index contributed by atoms with van der Waals surface area (Å²) in [5.74, 6) is 0.500. The highest BCUT2D eigenvalue weighted by molar-refractivity contribution is 6.06. The second-order valence-corrected chi connectivity index (χ2v) is 6.88. The molecule has 1 atom stereocenters. The summed E-state index contributed by atoms with van der Waals surface area (Å²) in [5.41, 5.74) is 0.331. The lowest BCUT2D eigenvalue weighted by molar-refractivity contribution is -0.123. The van der Waals surface area contributed by atoms with Gasteiger partial charge in [-0.2, -0.15) is 0 Å². The molecule has 0 bridgehead atoms. The van der Waals surface area contributed by atoms with Crippen LogP contribution < -0.4 is 24.8 Å². The van der Waals surface area contributed by atoms with Gasteiger partial charge < -0.3 is 19.5 Å². The molecule has 1 aliphatic rings. The van der Waals surface area contributed by atoms with Crippen molar-refractivity contribution in [2.75, 3.05) is 14.2 Å². The van der Waals surface area contributed by atoms with Gasteiger partial charge in [-0.25, -0.2) is 9.59 Å². The highest BCUT2D eigenvalue weighted by Gasteiger charge is 2.41. The summed E-state index contributed by atoms with van der Waals surface area (Å²) in [6.45, 7) is 1.69. The zero-order valence-corrected chi connectivity index (χ0v) is 16.4. The first-order valence-electron chi connectivity index (χ1n) is 9.01. The maximum absolute atomic E-state index is 12.4. The summed E-state index contributed by atoms with van der Waals surface area (Å²) in [6, 6.07) is 11.3. The first-order valence-corrected chi connectivity index (χ1v) is 9.01. The van der Waals surface area contributed by atoms with Gasteiger partial charge in [0.2, 0.25) is 0 Å². The van der Waals surface area contributed by atoms with Crippen molar-refractivity contribution >= 4 is 17.9 Å². The average Bonchev–Trinajstić information content (AvgIpc) is 2.98. The number of ether oxygens (including phenoxy) is 3. The third-order valence-electron chi connectivity index (χ3n) is 4.75. The number of urea groups is 1. The van der Waals surface area contributed by atoms with Crippen LogP contribution in [-0.4, -0.2) is 37.7 Å². The monoisotopic (exact) mass is 398 g/mol. The minimum atomic E-state index is -0.923. The van der Waals surface area contributed by atoms with Crippen molar-refractivity contribution in [2.45, 2.75) is 25.3 Å². The van der Waals surface area contributed by atoms with Gasteiger partial charge in [0.25, 0.3) is 5.91 Å². The molecule has 2 N–H and O–H groups in total. The maximum Gasteiger partial charge on any atom is 0.343 e. The predicted molar refractivity (Wildman–Crippen MR) is 104 cm³/mol. The van der Waals surface area contributed by atoms with E-state index in [-0.39, 0.29) is 5.91 Å². The van der Waals surface area contributed by atoms with E-state index < -0.39 is 17.5 Å². The van der Waals surface area contributed by atoms with Gasteiger partial charge in [0, 0.05) is 6.07 Å². The van der Waals surface area contributed by atoms with Crippen molar-refractivity contribution in [3.63, 3.8) is 0 Å². The second kappa shape index (κ2) is 8.22. The molecule has 3 rings (SSSR count). The molecule has 8 nitrogen and oxygen atoms in total. The van der Waals surface area contributed by atoms with Crippen LogP contribution in [0.3, 0.4) is 0 Å². The van der Waals surface area contributed by atoms with Crippen LogP contribution in [0.25, 0.3) is 0 Å². The van der Waals surface area contributed by atoms with E-state index in [1.165, 1.54) is 14.2 Å². The summed E-state index contributed by atoms with van der Waals surface area (Å²) in [6.07, 6.45) is 1.03. The van der Waals surface area contributed by atoms with E-state index in [0.717, 1.165) is 5.56 Å². The van der Waals surface area contributed by atoms with Crippen molar-refractivity contribution in [3.05, 3.63) is 53.6 Å². The van der Waals surface area contributed by atoms with E-state index in [1.807, 2.05) is 12.1 Å². The third-order valence-corrected chi connectivity index (χ3v) is 4.75. The van der Waals surface area contributed by atoms with Gasteiger partial charge in [-0.15, -0.1) is 0 Å². The summed E-state index contributed by atoms with van der Waals surface area (Å²) in [7, 11) is 3.01. The maximum atomic E-state index is 12.4. The zero-order chi connectivity index (χ0) is 21.0. The lowest BCUT2D eigenvalue weighted by Gasteiger charge is -2.20. The standard InChI is InChI=1S/C21H22N2O6/c1-21(19(25)22-20(26)23-21)9-8-13-4-6-15(7-5-13)29-18(24)14-10-16(27-2)12-17(11-14)28-3/h4-7,10-12H,8-9H2,1-3H3,(H2,22,23,25,26)/t21-/m1/s1. The van der Waals surface area contributed by atoms with Crippen molar-refractivity contribution in [2.24, 2.45) is 0 Å². The minimum Gasteiger partial charge on any atom is -0.497 e. The largest absolute Gasteiger partial charge is 0.497 e. The van der Waals surface area contributed by atoms with E-state index in [2.05, 4.69) is 10.6 Å². The molecule has 2 aromatic carbocycles. The summed E-state index contributed by atoms with van der Waals surface area (Å²) in [5, 5.41) is 4.88. The van der Waals surface area contributed by atoms with Gasteiger partial charge in [-0.3, -0.25) is 10.1 Å². The highest BCUT2D eigenvalue weighted by atomic mass is 16.5. The molecule has 0 unspecified atom stereocenters. The number of benzene rings is 2. The summed E-state index contributed by atoms with van der Waals surface area (Å²) >= 11 is 0. The Balaban J connectivity index is 1.63. The van der Waals surface area contributed by atoms with Crippen LogP contribution in [0.4, 0.5) is 4.79 Å². The number of nitrogens with one attached hydrogen (secondary N) is 2. The van der Waals surface area contributed by atoms with E-state index in [9.17, 15) is 14.4 Å². The Morgan fingerprint density at radius 3 is 2.10 bits per heavy atom. The van der Waals surface area contributed by atoms with Crippen LogP contribution in [0.15, 0.2) is 42.5 Å². The number of hydrogen-bond acceptors (Lipinski definition) is 6. The van der Waals surface area contributed by atoms with Crippen molar-refractivity contribution < 1.29 is 28.6 Å². The van der Waals surface area contributed by atoms with Crippen LogP contribution in [0.1, 0.15) is 29.3 Å². The third kappa shape index (κ3) is 4.66. The molecule has 0 aliphatic carbocycles. The van der Waals surface area contributed by atoms with Crippen LogP contribution >= 0.6 is 0 Å². The number of rotatable bonds is 7. The fourth-order valence-corrected chi connectivity index (χ4v) is 2.97. The van der Waals surface area contributed by atoms with Gasteiger partial charge in [0.05, 0.1) is 19.8 Å². The fourth-order valence-electron chi connectivity index (χ4n) is 2.97. The average molecular weight is 398 g/mol. The first-order chi connectivity index (χ1) is 13.8. The molecule has 0 radical (unpaired) electrons. The van der Waals surface area contributed by atoms with Crippen LogP contribution in [0.2, 0.25) is 0 Å². The highest BCUT2D eigenvalue weighted by Crippen LogP contribution is 2.24. The molecule has 1 aliphatic heterocycles. The molecule has 1 saturated heterocycles. The van der Waals surface area contributed by atoms with Gasteiger partial charge >= 0.3 is 12.0 Å². The molecule has 1 fully saturated rings. The predicted octanol–water partition coefficient (Wildman–Crippen LogP) is 2.45. The number of hydrogen-bond donors (Lipinski definition) is 2. The molecular formula is C21H22N2O6. The molecule has 0 saturated carbocycles. The van der Waals surface area contributed by atoms with Crippen LogP contribution in [-0.2, 0) is 11.2 Å². The van der Waals surface area contributed by atoms with E-state index in [1.54, 1.807) is 37.3 Å². The van der Waals surface area contributed by atoms with Crippen molar-refractivity contribution in [3.8, 4) is 17.2 Å². The molecule has 2 aromatic rings. The lowest BCUT2D eigenvalue weighted by atomic mass is 9.93. The Morgan fingerprint density at radius 2 is 1.59 bits per heavy atom. The Labute approximate surface area is 168 Å². The van der Waals surface area contributed by atoms with E-state index in [0.29, 0.717) is 35.7 Å². The van der Waals surface area contributed by atoms with Gasteiger partial charge in [-0.1, -0.05) is 12.1 Å². The normalized spacial score (nSPS) is 18.0. The van der Waals surface area contributed by atoms with Crippen LogP contribution in [0.5, 0.6) is 17.2 Å².